The van der Waals surface area contributed by atoms with Gasteiger partial charge in [-0.15, -0.1) is 0 Å². The Morgan fingerprint density at radius 2 is 1.72 bits per heavy atom. The van der Waals surface area contributed by atoms with Gasteiger partial charge in [0.2, 0.25) is 0 Å². The summed E-state index contributed by atoms with van der Waals surface area (Å²) >= 11 is 0. The maximum atomic E-state index is 3.48. The Morgan fingerprint density at radius 3 is 2.22 bits per heavy atom. The predicted molar refractivity (Wildman–Crippen MR) is 79.8 cm³/mol. The first-order chi connectivity index (χ1) is 8.57. The molecule has 2 unspecified atom stereocenters. The summed E-state index contributed by atoms with van der Waals surface area (Å²) in [6.07, 6.45) is 0. The minimum Gasteiger partial charge on any atom is -0.315 e. The molecule has 0 bridgehead atoms. The lowest BCUT2D eigenvalue weighted by molar-refractivity contribution is 0.146. The number of nitrogens with zero attached hydrogens (tertiary/aromatic N) is 1. The fourth-order valence-corrected chi connectivity index (χ4v) is 2.21. The first-order valence-corrected chi connectivity index (χ1v) is 7.05. The van der Waals surface area contributed by atoms with Crippen LogP contribution in [0.5, 0.6) is 0 Å². The summed E-state index contributed by atoms with van der Waals surface area (Å²) in [5, 5.41) is 3.48. The second kappa shape index (κ2) is 7.55. The van der Waals surface area contributed by atoms with Crippen LogP contribution in [0.1, 0.15) is 39.3 Å². The van der Waals surface area contributed by atoms with Gasteiger partial charge < -0.3 is 5.32 Å². The van der Waals surface area contributed by atoms with Crippen LogP contribution in [0, 0.1) is 5.92 Å². The normalized spacial score (nSPS) is 15.1. The highest BCUT2D eigenvalue weighted by Crippen LogP contribution is 2.23. The maximum absolute atomic E-state index is 3.48. The van der Waals surface area contributed by atoms with Crippen molar-refractivity contribution in [2.75, 3.05) is 20.1 Å². The van der Waals surface area contributed by atoms with Crippen molar-refractivity contribution in [3.05, 3.63) is 35.9 Å². The third kappa shape index (κ3) is 4.11. The molecule has 0 spiro atoms. The quantitative estimate of drug-likeness (QED) is 0.796. The van der Waals surface area contributed by atoms with Crippen LogP contribution in [0.25, 0.3) is 0 Å². The molecule has 0 aliphatic rings. The zero-order chi connectivity index (χ0) is 13.5. The lowest BCUT2D eigenvalue weighted by atomic mass is 9.99. The molecule has 0 aromatic heterocycles. The first-order valence-electron chi connectivity index (χ1n) is 7.05. The molecular formula is C16H28N2. The zero-order valence-corrected chi connectivity index (χ0v) is 12.5. The van der Waals surface area contributed by atoms with Crippen molar-refractivity contribution in [3.63, 3.8) is 0 Å². The van der Waals surface area contributed by atoms with Crippen LogP contribution in [-0.2, 0) is 0 Å². The molecule has 1 aromatic carbocycles. The summed E-state index contributed by atoms with van der Waals surface area (Å²) in [4.78, 5) is 2.49. The van der Waals surface area contributed by atoms with Gasteiger partial charge in [-0.05, 0) is 32.0 Å². The van der Waals surface area contributed by atoms with E-state index < -0.39 is 0 Å². The summed E-state index contributed by atoms with van der Waals surface area (Å²) < 4.78 is 0. The molecule has 2 atom stereocenters. The van der Waals surface area contributed by atoms with Crippen molar-refractivity contribution >= 4 is 0 Å². The molecular weight excluding hydrogens is 220 g/mol. The van der Waals surface area contributed by atoms with E-state index >= 15 is 0 Å². The molecule has 0 heterocycles. The SMILES string of the molecule is CCNCC(c1ccccc1)N(C)C(C)C(C)C. The van der Waals surface area contributed by atoms with Gasteiger partial charge in [-0.25, -0.2) is 0 Å². The van der Waals surface area contributed by atoms with Crippen molar-refractivity contribution in [3.8, 4) is 0 Å². The van der Waals surface area contributed by atoms with Gasteiger partial charge in [0.15, 0.2) is 0 Å². The third-order valence-electron chi connectivity index (χ3n) is 3.87. The van der Waals surface area contributed by atoms with E-state index in [9.17, 15) is 0 Å². The highest BCUT2D eigenvalue weighted by molar-refractivity contribution is 5.19. The van der Waals surface area contributed by atoms with E-state index in [1.54, 1.807) is 0 Å². The number of hydrogen-bond acceptors (Lipinski definition) is 2. The van der Waals surface area contributed by atoms with Crippen LogP contribution in [-0.4, -0.2) is 31.1 Å². The number of likely N-dealkylation sites (N-methyl/N-ethyl adjacent to an activating group) is 2. The lowest BCUT2D eigenvalue weighted by Gasteiger charge is -2.35. The van der Waals surface area contributed by atoms with Gasteiger partial charge in [0, 0.05) is 18.6 Å². The van der Waals surface area contributed by atoms with Gasteiger partial charge in [0.05, 0.1) is 0 Å². The minimum absolute atomic E-state index is 0.448. The average molecular weight is 248 g/mol. The summed E-state index contributed by atoms with van der Waals surface area (Å²) in [5.74, 6) is 0.669. The standard InChI is InChI=1S/C16H28N2/c1-6-17-12-16(15-10-8-7-9-11-15)18(5)14(4)13(2)3/h7-11,13-14,16-17H,6,12H2,1-5H3. The van der Waals surface area contributed by atoms with Crippen molar-refractivity contribution in [2.24, 2.45) is 5.92 Å². The predicted octanol–water partition coefficient (Wildman–Crippen LogP) is 3.31. The van der Waals surface area contributed by atoms with Crippen LogP contribution in [0.4, 0.5) is 0 Å². The second-order valence-electron chi connectivity index (χ2n) is 5.38. The summed E-state index contributed by atoms with van der Waals surface area (Å²) in [6.45, 7) is 11.1. The Kier molecular flexibility index (Phi) is 6.37. The first kappa shape index (κ1) is 15.2. The molecule has 1 aromatic rings. The van der Waals surface area contributed by atoms with E-state index in [0.717, 1.165) is 13.1 Å². The van der Waals surface area contributed by atoms with Crippen LogP contribution < -0.4 is 5.32 Å². The van der Waals surface area contributed by atoms with Crippen LogP contribution in [0.2, 0.25) is 0 Å². The number of hydrogen-bond donors (Lipinski definition) is 1. The second-order valence-corrected chi connectivity index (χ2v) is 5.38. The number of rotatable bonds is 7. The van der Waals surface area contributed by atoms with Gasteiger partial charge in [0.1, 0.15) is 0 Å². The average Bonchev–Trinajstić information content (AvgIpc) is 2.39. The van der Waals surface area contributed by atoms with Crippen LogP contribution in [0.3, 0.4) is 0 Å². The number of benzene rings is 1. The molecule has 0 amide bonds. The van der Waals surface area contributed by atoms with Crippen molar-refractivity contribution < 1.29 is 0 Å². The Hall–Kier alpha value is -0.860. The Bertz CT molecular complexity index is 321. The highest BCUT2D eigenvalue weighted by Gasteiger charge is 2.22. The molecule has 0 fully saturated rings. The number of nitrogens with one attached hydrogen (secondary N) is 1. The topological polar surface area (TPSA) is 15.3 Å². The van der Waals surface area contributed by atoms with Crippen molar-refractivity contribution in [1.29, 1.82) is 0 Å². The van der Waals surface area contributed by atoms with Crippen molar-refractivity contribution in [2.45, 2.75) is 39.8 Å². The maximum Gasteiger partial charge on any atom is 0.0472 e. The van der Waals surface area contributed by atoms with E-state index in [-0.39, 0.29) is 0 Å². The molecule has 2 nitrogen and oxygen atoms in total. The van der Waals surface area contributed by atoms with Crippen LogP contribution >= 0.6 is 0 Å². The molecule has 0 aliphatic carbocycles. The van der Waals surface area contributed by atoms with Gasteiger partial charge in [-0.2, -0.15) is 0 Å². The Balaban J connectivity index is 2.84. The fourth-order valence-electron chi connectivity index (χ4n) is 2.21. The largest absolute Gasteiger partial charge is 0.315 e. The molecule has 0 aliphatic heterocycles. The third-order valence-corrected chi connectivity index (χ3v) is 3.87. The molecule has 1 rings (SSSR count). The molecule has 0 saturated heterocycles. The monoisotopic (exact) mass is 248 g/mol. The Morgan fingerprint density at radius 1 is 1.11 bits per heavy atom. The van der Waals surface area contributed by atoms with E-state index in [1.165, 1.54) is 5.56 Å². The lowest BCUT2D eigenvalue weighted by Crippen LogP contribution is -2.40. The van der Waals surface area contributed by atoms with Gasteiger partial charge in [0.25, 0.3) is 0 Å². The summed E-state index contributed by atoms with van der Waals surface area (Å²) in [5.41, 5.74) is 1.40. The Labute approximate surface area is 112 Å². The molecule has 102 valence electrons. The molecule has 0 saturated carbocycles. The van der Waals surface area contributed by atoms with Crippen molar-refractivity contribution in [1.82, 2.24) is 10.2 Å². The van der Waals surface area contributed by atoms with Crippen LogP contribution in [0.15, 0.2) is 30.3 Å². The van der Waals surface area contributed by atoms with E-state index in [0.29, 0.717) is 18.0 Å². The van der Waals surface area contributed by atoms with E-state index in [4.69, 9.17) is 0 Å². The smallest absolute Gasteiger partial charge is 0.0472 e. The van der Waals surface area contributed by atoms with E-state index in [1.807, 2.05) is 0 Å². The summed E-state index contributed by atoms with van der Waals surface area (Å²) in [6, 6.07) is 11.8. The minimum atomic E-state index is 0.448. The molecule has 0 radical (unpaired) electrons. The molecule has 18 heavy (non-hydrogen) atoms. The summed E-state index contributed by atoms with van der Waals surface area (Å²) in [7, 11) is 2.24. The van der Waals surface area contributed by atoms with Gasteiger partial charge in [-0.3, -0.25) is 4.90 Å². The van der Waals surface area contributed by atoms with E-state index in [2.05, 4.69) is 75.3 Å². The highest BCUT2D eigenvalue weighted by atomic mass is 15.2. The fraction of sp³-hybridized carbons (Fsp3) is 0.625. The van der Waals surface area contributed by atoms with Gasteiger partial charge >= 0.3 is 0 Å². The molecule has 1 N–H and O–H groups in total. The molecule has 2 heteroatoms. The van der Waals surface area contributed by atoms with Gasteiger partial charge in [-0.1, -0.05) is 51.1 Å². The zero-order valence-electron chi connectivity index (χ0n) is 12.5.